The van der Waals surface area contributed by atoms with E-state index in [-0.39, 0.29) is 16.5 Å². The van der Waals surface area contributed by atoms with E-state index >= 15 is 0 Å². The molecule has 0 N–H and O–H groups in total. The molecule has 0 atom stereocenters. The molecule has 0 unspecified atom stereocenters. The second-order valence-electron chi connectivity index (χ2n) is 6.35. The minimum Gasteiger partial charge on any atom is -0.490 e. The Morgan fingerprint density at radius 1 is 1.16 bits per heavy atom. The lowest BCUT2D eigenvalue weighted by Crippen LogP contribution is -2.10. The van der Waals surface area contributed by atoms with Crippen LogP contribution in [0.25, 0.3) is 11.3 Å². The predicted molar refractivity (Wildman–Crippen MR) is 116 cm³/mol. The van der Waals surface area contributed by atoms with Gasteiger partial charge in [0, 0.05) is 16.3 Å². The summed E-state index contributed by atoms with van der Waals surface area (Å²) in [5, 5.41) is 9.94. The van der Waals surface area contributed by atoms with Gasteiger partial charge in [0.2, 0.25) is 0 Å². The van der Waals surface area contributed by atoms with E-state index in [1.807, 2.05) is 0 Å². The maximum atomic E-state index is 13.7. The van der Waals surface area contributed by atoms with Crippen molar-refractivity contribution < 1.29 is 17.9 Å². The highest BCUT2D eigenvalue weighted by Gasteiger charge is 2.36. The van der Waals surface area contributed by atoms with Crippen LogP contribution in [0.1, 0.15) is 16.7 Å². The average molecular weight is 461 g/mol. The van der Waals surface area contributed by atoms with Gasteiger partial charge in [0.1, 0.15) is 23.5 Å². The van der Waals surface area contributed by atoms with Crippen LogP contribution in [0.3, 0.4) is 0 Å². The fraction of sp³-hybridized carbons (Fsp3) is 0.130. The molecule has 3 nitrogen and oxygen atoms in total. The molecule has 3 aromatic rings. The van der Waals surface area contributed by atoms with E-state index in [1.54, 1.807) is 60.7 Å². The Morgan fingerprint density at radius 3 is 2.48 bits per heavy atom. The minimum atomic E-state index is -4.70. The molecule has 0 amide bonds. The number of halogens is 4. The highest BCUT2D eigenvalue weighted by Crippen LogP contribution is 2.39. The van der Waals surface area contributed by atoms with Crippen LogP contribution in [-0.4, -0.2) is 11.6 Å². The topological polar surface area (TPSA) is 45.9 Å². The molecule has 0 fully saturated rings. The van der Waals surface area contributed by atoms with Gasteiger partial charge < -0.3 is 4.74 Å². The molecule has 0 aliphatic carbocycles. The summed E-state index contributed by atoms with van der Waals surface area (Å²) in [7, 11) is 0. The lowest BCUT2D eigenvalue weighted by molar-refractivity contribution is -0.138. The molecular weight excluding hydrogens is 445 g/mol. The van der Waals surface area contributed by atoms with Gasteiger partial charge in [-0.3, -0.25) is 0 Å². The second kappa shape index (κ2) is 9.90. The van der Waals surface area contributed by atoms with Gasteiger partial charge in [-0.05, 0) is 42.0 Å². The van der Waals surface area contributed by atoms with Crippen molar-refractivity contribution >= 4 is 23.4 Å². The molecule has 0 aliphatic heterocycles. The van der Waals surface area contributed by atoms with Gasteiger partial charge in [-0.1, -0.05) is 42.5 Å². The molecule has 0 radical (unpaired) electrons. The maximum absolute atomic E-state index is 13.7. The zero-order valence-electron chi connectivity index (χ0n) is 16.1. The Morgan fingerprint density at radius 2 is 1.87 bits per heavy atom. The summed E-state index contributed by atoms with van der Waals surface area (Å²) >= 11 is 7.19. The summed E-state index contributed by atoms with van der Waals surface area (Å²) in [6.07, 6.45) is -3.11. The Bertz CT molecular complexity index is 1130. The number of benzene rings is 2. The molecule has 0 spiro atoms. The van der Waals surface area contributed by atoms with Crippen molar-refractivity contribution in [3.63, 3.8) is 0 Å². The summed E-state index contributed by atoms with van der Waals surface area (Å²) in [6, 6.07) is 16.1. The summed E-state index contributed by atoms with van der Waals surface area (Å²) in [5.41, 5.74) is -0.195. The normalized spacial score (nSPS) is 11.1. The molecule has 2 aromatic carbocycles. The molecule has 0 saturated heterocycles. The maximum Gasteiger partial charge on any atom is 0.417 e. The fourth-order valence-electron chi connectivity index (χ4n) is 2.74. The van der Waals surface area contributed by atoms with Crippen LogP contribution in [0.2, 0.25) is 5.02 Å². The van der Waals surface area contributed by atoms with Crippen molar-refractivity contribution in [2.75, 3.05) is 6.61 Å². The van der Waals surface area contributed by atoms with Gasteiger partial charge in [0.15, 0.2) is 0 Å². The fourth-order valence-corrected chi connectivity index (χ4v) is 4.03. The van der Waals surface area contributed by atoms with E-state index < -0.39 is 17.3 Å². The van der Waals surface area contributed by atoms with Gasteiger partial charge in [-0.2, -0.15) is 18.4 Å². The molecule has 1 heterocycles. The number of nitriles is 1. The summed E-state index contributed by atoms with van der Waals surface area (Å²) in [4.78, 5) is 4.36. The monoisotopic (exact) mass is 460 g/mol. The number of aromatic nitrogens is 1. The van der Waals surface area contributed by atoms with Gasteiger partial charge >= 0.3 is 6.18 Å². The van der Waals surface area contributed by atoms with Crippen LogP contribution in [-0.2, 0) is 11.9 Å². The predicted octanol–water partition coefficient (Wildman–Crippen LogP) is 7.15. The zero-order chi connectivity index (χ0) is 22.4. The minimum absolute atomic E-state index is 0.000714. The first-order valence-corrected chi connectivity index (χ1v) is 10.4. The number of thioether (sulfide) groups is 1. The van der Waals surface area contributed by atoms with Crippen molar-refractivity contribution in [3.05, 3.63) is 89.0 Å². The summed E-state index contributed by atoms with van der Waals surface area (Å²) in [6.45, 7) is 3.88. The highest BCUT2D eigenvalue weighted by atomic mass is 35.5. The van der Waals surface area contributed by atoms with Crippen molar-refractivity contribution in [1.82, 2.24) is 4.98 Å². The van der Waals surface area contributed by atoms with E-state index in [2.05, 4.69) is 11.6 Å². The van der Waals surface area contributed by atoms with Crippen molar-refractivity contribution in [2.24, 2.45) is 0 Å². The number of ether oxygens (including phenoxy) is 1. The molecule has 3 rings (SSSR count). The highest BCUT2D eigenvalue weighted by molar-refractivity contribution is 7.98. The van der Waals surface area contributed by atoms with Crippen molar-refractivity contribution in [2.45, 2.75) is 17.0 Å². The Balaban J connectivity index is 2.02. The number of hydrogen-bond donors (Lipinski definition) is 0. The van der Waals surface area contributed by atoms with Crippen molar-refractivity contribution in [3.8, 4) is 23.1 Å². The third kappa shape index (κ3) is 5.60. The Labute approximate surface area is 187 Å². The second-order valence-corrected chi connectivity index (χ2v) is 7.72. The van der Waals surface area contributed by atoms with Crippen LogP contribution in [0.15, 0.2) is 72.3 Å². The molecular formula is C23H16ClF3N2OS. The molecule has 0 bridgehead atoms. The number of pyridine rings is 1. The zero-order valence-corrected chi connectivity index (χ0v) is 17.7. The number of nitrogens with zero attached hydrogens (tertiary/aromatic N) is 2. The first kappa shape index (κ1) is 22.7. The van der Waals surface area contributed by atoms with Crippen molar-refractivity contribution in [1.29, 1.82) is 5.26 Å². The number of alkyl halides is 3. The standard InChI is InChI=1S/C23H16ClF3N2OS/c1-2-11-30-17-9-7-15(8-10-17)21-12-19(23(25,26)27)18(13-28)22(29-21)31-14-16-5-3-4-6-20(16)24/h2-10,12H,1,11,14H2. The smallest absolute Gasteiger partial charge is 0.417 e. The van der Waals surface area contributed by atoms with Gasteiger partial charge in [0.25, 0.3) is 0 Å². The quantitative estimate of drug-likeness (QED) is 0.277. The number of hydrogen-bond acceptors (Lipinski definition) is 4. The van der Waals surface area contributed by atoms with Gasteiger partial charge in [-0.25, -0.2) is 4.98 Å². The Kier molecular flexibility index (Phi) is 7.26. The van der Waals surface area contributed by atoms with E-state index in [1.165, 1.54) is 0 Å². The number of rotatable bonds is 7. The van der Waals surface area contributed by atoms with Crippen LogP contribution >= 0.6 is 23.4 Å². The van der Waals surface area contributed by atoms with Gasteiger partial charge in [-0.15, -0.1) is 11.8 Å². The van der Waals surface area contributed by atoms with Crippen LogP contribution in [0.5, 0.6) is 5.75 Å². The largest absolute Gasteiger partial charge is 0.490 e. The molecule has 8 heteroatoms. The van der Waals surface area contributed by atoms with Crippen LogP contribution < -0.4 is 4.74 Å². The molecule has 0 saturated carbocycles. The molecule has 31 heavy (non-hydrogen) atoms. The summed E-state index contributed by atoms with van der Waals surface area (Å²) in [5.74, 6) is 0.831. The molecule has 1 aromatic heterocycles. The Hall–Kier alpha value is -2.95. The lowest BCUT2D eigenvalue weighted by Gasteiger charge is -2.15. The van der Waals surface area contributed by atoms with E-state index in [0.29, 0.717) is 22.9 Å². The van der Waals surface area contributed by atoms with Crippen LogP contribution in [0, 0.1) is 11.3 Å². The van der Waals surface area contributed by atoms with E-state index in [9.17, 15) is 18.4 Å². The van der Waals surface area contributed by atoms with E-state index in [4.69, 9.17) is 16.3 Å². The van der Waals surface area contributed by atoms with Gasteiger partial charge in [0.05, 0.1) is 16.8 Å². The first-order valence-electron chi connectivity index (χ1n) is 9.06. The summed E-state index contributed by atoms with van der Waals surface area (Å²) < 4.78 is 46.5. The third-order valence-corrected chi connectivity index (χ3v) is 5.64. The first-order chi connectivity index (χ1) is 14.8. The SMILES string of the molecule is C=CCOc1ccc(-c2cc(C(F)(F)F)c(C#N)c(SCc3ccccc3Cl)n2)cc1. The molecule has 0 aliphatic rings. The average Bonchev–Trinajstić information content (AvgIpc) is 2.76. The van der Waals surface area contributed by atoms with E-state index in [0.717, 1.165) is 23.4 Å². The third-order valence-electron chi connectivity index (χ3n) is 4.24. The molecule has 158 valence electrons. The van der Waals surface area contributed by atoms with Crippen LogP contribution in [0.4, 0.5) is 13.2 Å². The lowest BCUT2D eigenvalue weighted by atomic mass is 10.1.